The molecule has 2 rings (SSSR count). The van der Waals surface area contributed by atoms with Crippen LogP contribution in [0.5, 0.6) is 0 Å². The van der Waals surface area contributed by atoms with Gasteiger partial charge in [-0.25, -0.2) is 9.78 Å². The summed E-state index contributed by atoms with van der Waals surface area (Å²) >= 11 is 1.51. The second kappa shape index (κ2) is 6.19. The van der Waals surface area contributed by atoms with E-state index in [1.165, 1.54) is 11.3 Å². The lowest BCUT2D eigenvalue weighted by Gasteiger charge is -2.18. The lowest BCUT2D eigenvalue weighted by atomic mass is 10.0. The van der Waals surface area contributed by atoms with Crippen LogP contribution in [-0.4, -0.2) is 41.3 Å². The maximum Gasteiger partial charge on any atom is 0.315 e. The molecule has 0 bridgehead atoms. The molecule has 3 N–H and O–H groups in total. The van der Waals surface area contributed by atoms with E-state index in [4.69, 9.17) is 9.84 Å². The predicted octanol–water partition coefficient (Wildman–Crippen LogP) is 0.911. The third kappa shape index (κ3) is 3.45. The van der Waals surface area contributed by atoms with Gasteiger partial charge in [0.15, 0.2) is 0 Å². The van der Waals surface area contributed by atoms with Crippen LogP contribution in [0.15, 0.2) is 6.20 Å². The van der Waals surface area contributed by atoms with E-state index in [0.717, 1.165) is 9.88 Å². The number of aryl methyl sites for hydroxylation is 1. The third-order valence-corrected chi connectivity index (χ3v) is 4.17. The molecule has 0 aliphatic carbocycles. The largest absolute Gasteiger partial charge is 0.481 e. The summed E-state index contributed by atoms with van der Waals surface area (Å²) in [6.45, 7) is 4.12. The number of carboxylic acids is 1. The molecule has 110 valence electrons. The van der Waals surface area contributed by atoms with Crippen LogP contribution >= 0.6 is 11.3 Å². The molecule has 1 aliphatic heterocycles. The molecule has 1 fully saturated rings. The van der Waals surface area contributed by atoms with E-state index in [0.29, 0.717) is 0 Å². The average Bonchev–Trinajstić information content (AvgIpc) is 2.97. The summed E-state index contributed by atoms with van der Waals surface area (Å²) in [5.41, 5.74) is 0. The average molecular weight is 299 g/mol. The maximum absolute atomic E-state index is 11.9. The molecule has 3 atom stereocenters. The Balaban J connectivity index is 1.87. The highest BCUT2D eigenvalue weighted by molar-refractivity contribution is 7.11. The quantitative estimate of drug-likeness (QED) is 0.767. The van der Waals surface area contributed by atoms with E-state index < -0.39 is 24.0 Å². The number of nitrogens with one attached hydrogen (secondary N) is 2. The zero-order valence-corrected chi connectivity index (χ0v) is 12.1. The Kier molecular flexibility index (Phi) is 4.56. The molecule has 7 nitrogen and oxygen atoms in total. The molecular weight excluding hydrogens is 282 g/mol. The fourth-order valence-corrected chi connectivity index (χ4v) is 2.76. The molecule has 1 aromatic heterocycles. The molecule has 1 aliphatic rings. The molecule has 2 amide bonds. The van der Waals surface area contributed by atoms with Crippen LogP contribution in [0.25, 0.3) is 0 Å². The smallest absolute Gasteiger partial charge is 0.315 e. The second-order valence-corrected chi connectivity index (χ2v) is 6.00. The topological polar surface area (TPSA) is 101 Å². The Labute approximate surface area is 120 Å². The highest BCUT2D eigenvalue weighted by Crippen LogP contribution is 2.19. The van der Waals surface area contributed by atoms with Crippen molar-refractivity contribution in [3.05, 3.63) is 16.1 Å². The number of ether oxygens (including phenoxy) is 1. The molecule has 2 heterocycles. The number of carbonyl (C=O) groups excluding carboxylic acids is 1. The zero-order chi connectivity index (χ0) is 14.7. The standard InChI is InChI=1S/C12H17N3O4S/c1-6-3-13-10(20-6)7(2)14-12(18)15-9-5-19-4-8(9)11(16)17/h3,7-9H,4-5H2,1-2H3,(H,16,17)(H2,14,15,18). The molecular formula is C12H17N3O4S. The van der Waals surface area contributed by atoms with Gasteiger partial charge in [-0.1, -0.05) is 0 Å². The van der Waals surface area contributed by atoms with Gasteiger partial charge in [-0.2, -0.15) is 0 Å². The van der Waals surface area contributed by atoms with Gasteiger partial charge in [-0.05, 0) is 13.8 Å². The molecule has 0 aromatic carbocycles. The third-order valence-electron chi connectivity index (χ3n) is 3.07. The van der Waals surface area contributed by atoms with Crippen LogP contribution in [0.3, 0.4) is 0 Å². The van der Waals surface area contributed by atoms with Crippen molar-refractivity contribution in [2.45, 2.75) is 25.9 Å². The van der Waals surface area contributed by atoms with Crippen molar-refractivity contribution in [3.8, 4) is 0 Å². The SMILES string of the molecule is Cc1cnc(C(C)NC(=O)NC2COCC2C(=O)O)s1. The van der Waals surface area contributed by atoms with Gasteiger partial charge < -0.3 is 20.5 Å². The number of aromatic nitrogens is 1. The van der Waals surface area contributed by atoms with Gasteiger partial charge in [0.1, 0.15) is 10.9 Å². The van der Waals surface area contributed by atoms with Crippen molar-refractivity contribution in [1.29, 1.82) is 0 Å². The van der Waals surface area contributed by atoms with Gasteiger partial charge in [0.25, 0.3) is 0 Å². The first-order valence-corrected chi connectivity index (χ1v) is 7.09. The van der Waals surface area contributed by atoms with Gasteiger partial charge in [0.05, 0.1) is 25.3 Å². The first-order chi connectivity index (χ1) is 9.47. The zero-order valence-electron chi connectivity index (χ0n) is 11.3. The van der Waals surface area contributed by atoms with E-state index in [-0.39, 0.29) is 19.3 Å². The molecule has 3 unspecified atom stereocenters. The number of hydrogen-bond acceptors (Lipinski definition) is 5. The van der Waals surface area contributed by atoms with Gasteiger partial charge in [0, 0.05) is 11.1 Å². The van der Waals surface area contributed by atoms with Crippen LogP contribution < -0.4 is 10.6 Å². The van der Waals surface area contributed by atoms with Crippen LogP contribution in [0.1, 0.15) is 22.9 Å². The summed E-state index contributed by atoms with van der Waals surface area (Å²) in [4.78, 5) is 28.1. The fraction of sp³-hybridized carbons (Fsp3) is 0.583. The fourth-order valence-electron chi connectivity index (χ4n) is 1.98. The van der Waals surface area contributed by atoms with Crippen molar-refractivity contribution >= 4 is 23.3 Å². The van der Waals surface area contributed by atoms with E-state index in [9.17, 15) is 9.59 Å². The summed E-state index contributed by atoms with van der Waals surface area (Å²) in [6, 6.07) is -1.14. The number of hydrogen-bond donors (Lipinski definition) is 3. The second-order valence-electron chi connectivity index (χ2n) is 4.74. The van der Waals surface area contributed by atoms with E-state index in [2.05, 4.69) is 15.6 Å². The van der Waals surface area contributed by atoms with Crippen molar-refractivity contribution in [2.24, 2.45) is 5.92 Å². The summed E-state index contributed by atoms with van der Waals surface area (Å²) in [5, 5.41) is 15.2. The number of urea groups is 1. The van der Waals surface area contributed by atoms with Crippen LogP contribution in [-0.2, 0) is 9.53 Å². The highest BCUT2D eigenvalue weighted by Gasteiger charge is 2.35. The Morgan fingerprint density at radius 3 is 2.90 bits per heavy atom. The van der Waals surface area contributed by atoms with Crippen LogP contribution in [0, 0.1) is 12.8 Å². The number of carboxylic acid groups (broad SMARTS) is 1. The van der Waals surface area contributed by atoms with Crippen molar-refractivity contribution in [2.75, 3.05) is 13.2 Å². The molecule has 8 heteroatoms. The first kappa shape index (κ1) is 14.7. The van der Waals surface area contributed by atoms with Gasteiger partial charge in [0.2, 0.25) is 0 Å². The lowest BCUT2D eigenvalue weighted by molar-refractivity contribution is -0.142. The molecule has 0 spiro atoms. The number of nitrogens with zero attached hydrogens (tertiary/aromatic N) is 1. The Bertz CT molecular complexity index is 505. The van der Waals surface area contributed by atoms with Gasteiger partial charge in [-0.3, -0.25) is 4.79 Å². The number of thiazole rings is 1. The van der Waals surface area contributed by atoms with Crippen molar-refractivity contribution in [3.63, 3.8) is 0 Å². The number of rotatable bonds is 4. The van der Waals surface area contributed by atoms with E-state index in [1.54, 1.807) is 6.20 Å². The lowest BCUT2D eigenvalue weighted by Crippen LogP contribution is -2.47. The first-order valence-electron chi connectivity index (χ1n) is 6.27. The van der Waals surface area contributed by atoms with Crippen LogP contribution in [0.2, 0.25) is 0 Å². The minimum absolute atomic E-state index is 0.126. The summed E-state index contributed by atoms with van der Waals surface area (Å²) in [5.74, 6) is -1.66. The number of amides is 2. The summed E-state index contributed by atoms with van der Waals surface area (Å²) in [7, 11) is 0. The molecule has 1 aromatic rings. The molecule has 1 saturated heterocycles. The molecule has 0 radical (unpaired) electrons. The van der Waals surface area contributed by atoms with Gasteiger partial charge >= 0.3 is 12.0 Å². The Morgan fingerprint density at radius 2 is 2.30 bits per heavy atom. The van der Waals surface area contributed by atoms with E-state index >= 15 is 0 Å². The van der Waals surface area contributed by atoms with Gasteiger partial charge in [-0.15, -0.1) is 11.3 Å². The maximum atomic E-state index is 11.9. The predicted molar refractivity (Wildman–Crippen MR) is 72.7 cm³/mol. The molecule has 20 heavy (non-hydrogen) atoms. The van der Waals surface area contributed by atoms with E-state index in [1.807, 2.05) is 13.8 Å². The summed E-state index contributed by atoms with van der Waals surface area (Å²) in [6.07, 6.45) is 1.75. The molecule has 0 saturated carbocycles. The normalized spacial score (nSPS) is 23.3. The minimum atomic E-state index is -0.962. The van der Waals surface area contributed by atoms with Crippen molar-refractivity contribution < 1.29 is 19.4 Å². The monoisotopic (exact) mass is 299 g/mol. The Morgan fingerprint density at radius 1 is 1.55 bits per heavy atom. The summed E-state index contributed by atoms with van der Waals surface area (Å²) < 4.78 is 5.09. The number of carbonyl (C=O) groups is 2. The number of aliphatic carboxylic acids is 1. The Hall–Kier alpha value is -1.67. The minimum Gasteiger partial charge on any atom is -0.481 e. The highest BCUT2D eigenvalue weighted by atomic mass is 32.1. The van der Waals surface area contributed by atoms with Crippen LogP contribution in [0.4, 0.5) is 4.79 Å². The van der Waals surface area contributed by atoms with Crippen molar-refractivity contribution in [1.82, 2.24) is 15.6 Å².